The van der Waals surface area contributed by atoms with E-state index in [4.69, 9.17) is 4.42 Å². The number of aromatic nitrogens is 2. The van der Waals surface area contributed by atoms with Crippen molar-refractivity contribution in [3.05, 3.63) is 48.5 Å². The highest BCUT2D eigenvalue weighted by molar-refractivity contribution is 14.1. The summed E-state index contributed by atoms with van der Waals surface area (Å²) in [4.78, 5) is 16.0. The van der Waals surface area contributed by atoms with Crippen LogP contribution in [0.2, 0.25) is 0 Å². The van der Waals surface area contributed by atoms with E-state index >= 15 is 0 Å². The molecule has 2 rings (SSSR count). The minimum Gasteiger partial charge on any atom is -0.452 e. The van der Waals surface area contributed by atoms with Gasteiger partial charge in [-0.2, -0.15) is 0 Å². The van der Waals surface area contributed by atoms with Crippen LogP contribution in [-0.2, 0) is 6.54 Å². The van der Waals surface area contributed by atoms with Crippen molar-refractivity contribution in [3.8, 4) is 0 Å². The second-order valence-corrected chi connectivity index (χ2v) is 5.19. The van der Waals surface area contributed by atoms with Crippen LogP contribution in [0.3, 0.4) is 0 Å². The fraction of sp³-hybridized carbons (Fsp3) is 0.200. The van der Waals surface area contributed by atoms with Gasteiger partial charge in [0.25, 0.3) is 5.56 Å². The molecule has 0 aliphatic rings. The first-order chi connectivity index (χ1) is 7.58. The second kappa shape index (κ2) is 4.70. The molecule has 0 N–H and O–H groups in total. The molecule has 0 aromatic carbocycles. The Hall–Kier alpha value is -0.630. The van der Waals surface area contributed by atoms with Crippen molar-refractivity contribution in [1.82, 2.24) is 9.55 Å². The first-order valence-corrected chi connectivity index (χ1v) is 6.41. The molecular weight excluding hydrogens is 387 g/mol. The van der Waals surface area contributed by atoms with Crippen LogP contribution in [0.4, 0.5) is 0 Å². The summed E-state index contributed by atoms with van der Waals surface area (Å²) >= 11 is 5.20. The SMILES string of the molecule is Cc1ncc(I)c(=O)n1Cc1ccc(Br)o1. The van der Waals surface area contributed by atoms with Crippen molar-refractivity contribution in [2.75, 3.05) is 0 Å². The number of hydrogen-bond donors (Lipinski definition) is 0. The maximum Gasteiger partial charge on any atom is 0.267 e. The van der Waals surface area contributed by atoms with E-state index in [0.29, 0.717) is 20.6 Å². The standard InChI is InChI=1S/C10H8BrIN2O2/c1-6-13-4-8(12)10(15)14(6)5-7-2-3-9(11)16-7/h2-4H,5H2,1H3. The van der Waals surface area contributed by atoms with Crippen LogP contribution >= 0.6 is 38.5 Å². The van der Waals surface area contributed by atoms with E-state index in [0.717, 1.165) is 5.76 Å². The molecule has 0 saturated heterocycles. The van der Waals surface area contributed by atoms with E-state index in [1.165, 1.54) is 0 Å². The summed E-state index contributed by atoms with van der Waals surface area (Å²) in [6, 6.07) is 3.63. The molecule has 0 fully saturated rings. The Morgan fingerprint density at radius 1 is 1.56 bits per heavy atom. The van der Waals surface area contributed by atoms with Crippen LogP contribution in [0.15, 0.2) is 32.2 Å². The van der Waals surface area contributed by atoms with E-state index < -0.39 is 0 Å². The van der Waals surface area contributed by atoms with Crippen LogP contribution in [0.1, 0.15) is 11.6 Å². The average Bonchev–Trinajstić information content (AvgIpc) is 2.65. The molecule has 2 heterocycles. The minimum atomic E-state index is -0.0411. The highest BCUT2D eigenvalue weighted by Gasteiger charge is 2.08. The Morgan fingerprint density at radius 3 is 2.94 bits per heavy atom. The molecule has 0 aliphatic carbocycles. The summed E-state index contributed by atoms with van der Waals surface area (Å²) in [6.07, 6.45) is 1.58. The molecule has 0 bridgehead atoms. The maximum absolute atomic E-state index is 11.9. The van der Waals surface area contributed by atoms with Crippen LogP contribution in [-0.4, -0.2) is 9.55 Å². The van der Waals surface area contributed by atoms with E-state index in [2.05, 4.69) is 20.9 Å². The topological polar surface area (TPSA) is 48.0 Å². The Balaban J connectivity index is 2.42. The summed E-state index contributed by atoms with van der Waals surface area (Å²) < 4.78 is 8.22. The Labute approximate surface area is 114 Å². The lowest BCUT2D eigenvalue weighted by molar-refractivity contribution is 0.466. The first kappa shape index (κ1) is 11.8. The quantitative estimate of drug-likeness (QED) is 0.735. The minimum absolute atomic E-state index is 0.0411. The highest BCUT2D eigenvalue weighted by atomic mass is 127. The average molecular weight is 395 g/mol. The van der Waals surface area contributed by atoms with Crippen molar-refractivity contribution in [2.24, 2.45) is 0 Å². The van der Waals surface area contributed by atoms with Gasteiger partial charge in [-0.15, -0.1) is 0 Å². The molecule has 0 unspecified atom stereocenters. The Bertz CT molecular complexity index is 576. The van der Waals surface area contributed by atoms with E-state index in [9.17, 15) is 4.79 Å². The molecule has 0 aliphatic heterocycles. The first-order valence-electron chi connectivity index (χ1n) is 4.54. The number of hydrogen-bond acceptors (Lipinski definition) is 3. The molecule has 0 amide bonds. The number of aryl methyl sites for hydroxylation is 1. The lowest BCUT2D eigenvalue weighted by Gasteiger charge is -2.06. The summed E-state index contributed by atoms with van der Waals surface area (Å²) in [5.74, 6) is 1.40. The fourth-order valence-electron chi connectivity index (χ4n) is 1.33. The van der Waals surface area contributed by atoms with Gasteiger partial charge in [0, 0.05) is 6.20 Å². The van der Waals surface area contributed by atoms with Crippen molar-refractivity contribution in [2.45, 2.75) is 13.5 Å². The van der Waals surface area contributed by atoms with Gasteiger partial charge in [0.2, 0.25) is 0 Å². The molecule has 0 radical (unpaired) electrons. The zero-order valence-electron chi connectivity index (χ0n) is 8.41. The van der Waals surface area contributed by atoms with Gasteiger partial charge in [-0.3, -0.25) is 9.36 Å². The van der Waals surface area contributed by atoms with Crippen molar-refractivity contribution >= 4 is 38.5 Å². The molecule has 4 nitrogen and oxygen atoms in total. The molecule has 16 heavy (non-hydrogen) atoms. The van der Waals surface area contributed by atoms with Gasteiger partial charge in [0.15, 0.2) is 4.67 Å². The molecule has 2 aromatic heterocycles. The van der Waals surface area contributed by atoms with E-state index in [-0.39, 0.29) is 5.56 Å². The molecular formula is C10H8BrIN2O2. The van der Waals surface area contributed by atoms with E-state index in [1.54, 1.807) is 23.8 Å². The van der Waals surface area contributed by atoms with Crippen LogP contribution in [0.5, 0.6) is 0 Å². The van der Waals surface area contributed by atoms with Gasteiger partial charge in [0.1, 0.15) is 11.6 Å². The van der Waals surface area contributed by atoms with Gasteiger partial charge in [-0.1, -0.05) is 0 Å². The lowest BCUT2D eigenvalue weighted by Crippen LogP contribution is -2.25. The zero-order chi connectivity index (χ0) is 11.7. The third-order valence-corrected chi connectivity index (χ3v) is 3.31. The molecule has 6 heteroatoms. The summed E-state index contributed by atoms with van der Waals surface area (Å²) in [5, 5.41) is 0. The van der Waals surface area contributed by atoms with Crippen LogP contribution in [0, 0.1) is 10.5 Å². The van der Waals surface area contributed by atoms with Gasteiger partial charge < -0.3 is 4.42 Å². The van der Waals surface area contributed by atoms with Crippen molar-refractivity contribution in [1.29, 1.82) is 0 Å². The van der Waals surface area contributed by atoms with Crippen molar-refractivity contribution in [3.63, 3.8) is 0 Å². The third-order valence-electron chi connectivity index (χ3n) is 2.15. The van der Waals surface area contributed by atoms with E-state index in [1.807, 2.05) is 28.7 Å². The molecule has 0 atom stereocenters. The Morgan fingerprint density at radius 2 is 2.31 bits per heavy atom. The number of nitrogens with zero attached hydrogens (tertiary/aromatic N) is 2. The summed E-state index contributed by atoms with van der Waals surface area (Å²) in [5.41, 5.74) is -0.0411. The van der Waals surface area contributed by atoms with Gasteiger partial charge in [0.05, 0.1) is 10.1 Å². The number of furan rings is 1. The molecule has 2 aromatic rings. The second-order valence-electron chi connectivity index (χ2n) is 3.25. The predicted octanol–water partition coefficient (Wildman–Crippen LogP) is 2.56. The van der Waals surface area contributed by atoms with Gasteiger partial charge >= 0.3 is 0 Å². The summed E-state index contributed by atoms with van der Waals surface area (Å²) in [7, 11) is 0. The fourth-order valence-corrected chi connectivity index (χ4v) is 2.10. The predicted molar refractivity (Wildman–Crippen MR) is 71.5 cm³/mol. The number of halogens is 2. The monoisotopic (exact) mass is 394 g/mol. The molecule has 0 saturated carbocycles. The molecule has 0 spiro atoms. The highest BCUT2D eigenvalue weighted by Crippen LogP contribution is 2.14. The van der Waals surface area contributed by atoms with Gasteiger partial charge in [-0.25, -0.2) is 4.98 Å². The number of rotatable bonds is 2. The van der Waals surface area contributed by atoms with Gasteiger partial charge in [-0.05, 0) is 57.6 Å². The van der Waals surface area contributed by atoms with Crippen LogP contribution < -0.4 is 5.56 Å². The normalized spacial score (nSPS) is 10.7. The zero-order valence-corrected chi connectivity index (χ0v) is 12.1. The Kier molecular flexibility index (Phi) is 3.48. The smallest absolute Gasteiger partial charge is 0.267 e. The summed E-state index contributed by atoms with van der Waals surface area (Å²) in [6.45, 7) is 2.20. The largest absolute Gasteiger partial charge is 0.452 e. The maximum atomic E-state index is 11.9. The lowest BCUT2D eigenvalue weighted by atomic mass is 10.4. The third kappa shape index (κ3) is 2.37. The van der Waals surface area contributed by atoms with Crippen molar-refractivity contribution < 1.29 is 4.42 Å². The van der Waals surface area contributed by atoms with Crippen LogP contribution in [0.25, 0.3) is 0 Å². The molecule has 84 valence electrons.